The van der Waals surface area contributed by atoms with Gasteiger partial charge in [0.2, 0.25) is 0 Å². The Balaban J connectivity index is 1.75. The first kappa shape index (κ1) is 19.4. The molecule has 152 valence electrons. The van der Waals surface area contributed by atoms with Gasteiger partial charge in [0.15, 0.2) is 0 Å². The Labute approximate surface area is 163 Å². The lowest BCUT2D eigenvalue weighted by molar-refractivity contribution is -0.193. The van der Waals surface area contributed by atoms with Gasteiger partial charge in [-0.15, -0.1) is 0 Å². The zero-order chi connectivity index (χ0) is 19.7. The molecule has 4 nitrogen and oxygen atoms in total. The van der Waals surface area contributed by atoms with E-state index in [2.05, 4.69) is 20.8 Å². The smallest absolute Gasteiger partial charge is 0.312 e. The van der Waals surface area contributed by atoms with Crippen LogP contribution in [0.4, 0.5) is 0 Å². The molecule has 0 aromatic heterocycles. The quantitative estimate of drug-likeness (QED) is 0.752. The van der Waals surface area contributed by atoms with Crippen LogP contribution in [0.1, 0.15) is 79.1 Å². The normalized spacial score (nSPS) is 51.4. The number of hydrogen-bond donors (Lipinski definition) is 1. The minimum atomic E-state index is -0.414. The van der Waals surface area contributed by atoms with Crippen LogP contribution in [-0.2, 0) is 14.3 Å². The zero-order valence-corrected chi connectivity index (χ0v) is 17.5. The van der Waals surface area contributed by atoms with E-state index in [1.54, 1.807) is 0 Å². The van der Waals surface area contributed by atoms with Crippen LogP contribution < -0.4 is 0 Å². The largest absolute Gasteiger partial charge is 0.466 e. The Bertz CT molecular complexity index is 659. The first-order valence-electron chi connectivity index (χ1n) is 11.0. The summed E-state index contributed by atoms with van der Waals surface area (Å²) in [7, 11) is 0. The van der Waals surface area contributed by atoms with Gasteiger partial charge < -0.3 is 9.84 Å². The summed E-state index contributed by atoms with van der Waals surface area (Å²) in [6.07, 6.45) is 7.96. The Morgan fingerprint density at radius 3 is 2.48 bits per heavy atom. The van der Waals surface area contributed by atoms with Crippen molar-refractivity contribution in [3.05, 3.63) is 0 Å². The highest BCUT2D eigenvalue weighted by atomic mass is 16.5. The summed E-state index contributed by atoms with van der Waals surface area (Å²) in [5.41, 5.74) is -0.663. The van der Waals surface area contributed by atoms with E-state index in [9.17, 15) is 14.7 Å². The maximum atomic E-state index is 13.1. The van der Waals surface area contributed by atoms with E-state index in [4.69, 9.17) is 4.74 Å². The summed E-state index contributed by atoms with van der Waals surface area (Å²) in [5, 5.41) is 10.2. The van der Waals surface area contributed by atoms with Crippen molar-refractivity contribution in [1.82, 2.24) is 0 Å². The highest BCUT2D eigenvalue weighted by Crippen LogP contribution is 2.74. The lowest BCUT2D eigenvalue weighted by Gasteiger charge is -2.64. The number of aliphatic hydroxyl groups is 1. The molecule has 0 saturated heterocycles. The Morgan fingerprint density at radius 2 is 1.81 bits per heavy atom. The number of esters is 1. The standard InChI is InChI=1S/C23H36O4/c1-5-27-19(26)22(4)10-6-9-21(3)16(22)8-12-23-14-20(2,11-7-17(21)23)18(25)15(23)13-24/h15-17,24H,5-14H2,1-4H3/t15-,16?,17?,20-,21-,22-,23-/m1/s1. The van der Waals surface area contributed by atoms with Gasteiger partial charge in [0, 0.05) is 11.3 Å². The molecular formula is C23H36O4. The first-order valence-corrected chi connectivity index (χ1v) is 11.0. The Morgan fingerprint density at radius 1 is 1.11 bits per heavy atom. The van der Waals surface area contributed by atoms with Gasteiger partial charge in [0.05, 0.1) is 18.6 Å². The van der Waals surface area contributed by atoms with Crippen LogP contribution in [0.3, 0.4) is 0 Å². The molecular weight excluding hydrogens is 340 g/mol. The minimum Gasteiger partial charge on any atom is -0.466 e. The fourth-order valence-corrected chi connectivity index (χ4v) is 8.57. The molecule has 0 heterocycles. The third-order valence-electron chi connectivity index (χ3n) is 9.60. The van der Waals surface area contributed by atoms with Crippen molar-refractivity contribution in [3.8, 4) is 0 Å². The summed E-state index contributed by atoms with van der Waals surface area (Å²) in [4.78, 5) is 26.1. The van der Waals surface area contributed by atoms with Crippen LogP contribution in [0.25, 0.3) is 0 Å². The van der Waals surface area contributed by atoms with Gasteiger partial charge in [0.1, 0.15) is 5.78 Å². The van der Waals surface area contributed by atoms with Gasteiger partial charge in [-0.05, 0) is 81.5 Å². The van der Waals surface area contributed by atoms with Crippen LogP contribution in [0.15, 0.2) is 0 Å². The third-order valence-corrected chi connectivity index (χ3v) is 9.60. The molecule has 2 unspecified atom stereocenters. The monoisotopic (exact) mass is 376 g/mol. The van der Waals surface area contributed by atoms with Gasteiger partial charge in [-0.25, -0.2) is 0 Å². The van der Waals surface area contributed by atoms with Gasteiger partial charge in [0.25, 0.3) is 0 Å². The summed E-state index contributed by atoms with van der Waals surface area (Å²) in [5.74, 6) is 0.808. The fourth-order valence-electron chi connectivity index (χ4n) is 8.57. The number of aliphatic hydroxyl groups excluding tert-OH is 1. The first-order chi connectivity index (χ1) is 12.7. The molecule has 4 saturated carbocycles. The van der Waals surface area contributed by atoms with Crippen LogP contribution in [0.5, 0.6) is 0 Å². The molecule has 0 amide bonds. The molecule has 2 bridgehead atoms. The van der Waals surface area contributed by atoms with Crippen LogP contribution in [-0.4, -0.2) is 30.1 Å². The van der Waals surface area contributed by atoms with E-state index in [0.29, 0.717) is 24.2 Å². The van der Waals surface area contributed by atoms with Crippen LogP contribution in [0.2, 0.25) is 0 Å². The maximum absolute atomic E-state index is 13.1. The summed E-state index contributed by atoms with van der Waals surface area (Å²) < 4.78 is 5.52. The van der Waals surface area contributed by atoms with E-state index in [1.165, 1.54) is 0 Å². The average Bonchev–Trinajstić information content (AvgIpc) is 2.76. The van der Waals surface area contributed by atoms with Crippen molar-refractivity contribution in [3.63, 3.8) is 0 Å². The number of hydrogen-bond acceptors (Lipinski definition) is 4. The molecule has 0 aromatic rings. The lowest BCUT2D eigenvalue weighted by atomic mass is 9.39. The van der Waals surface area contributed by atoms with E-state index in [-0.39, 0.29) is 34.7 Å². The molecule has 4 rings (SSSR count). The van der Waals surface area contributed by atoms with Gasteiger partial charge in [-0.1, -0.05) is 20.3 Å². The number of ketones is 1. The average molecular weight is 377 g/mol. The van der Waals surface area contributed by atoms with Crippen molar-refractivity contribution in [1.29, 1.82) is 0 Å². The van der Waals surface area contributed by atoms with Gasteiger partial charge in [-0.3, -0.25) is 9.59 Å². The number of ether oxygens (including phenoxy) is 1. The van der Waals surface area contributed by atoms with Gasteiger partial charge >= 0.3 is 5.97 Å². The van der Waals surface area contributed by atoms with Crippen molar-refractivity contribution in [2.24, 2.45) is 39.4 Å². The zero-order valence-electron chi connectivity index (χ0n) is 17.5. The molecule has 0 aliphatic heterocycles. The number of rotatable bonds is 3. The summed E-state index contributed by atoms with van der Waals surface area (Å²) in [6, 6.07) is 0. The molecule has 27 heavy (non-hydrogen) atoms. The number of fused-ring (bicyclic) bond motifs is 3. The minimum absolute atomic E-state index is 0.0131. The molecule has 0 radical (unpaired) electrons. The second-order valence-corrected chi connectivity index (χ2v) is 10.7. The number of carbonyl (C=O) groups excluding carboxylic acids is 2. The Kier molecular flexibility index (Phi) is 4.35. The Hall–Kier alpha value is -0.900. The second kappa shape index (κ2) is 6.05. The molecule has 0 aromatic carbocycles. The highest BCUT2D eigenvalue weighted by Gasteiger charge is 2.71. The van der Waals surface area contributed by atoms with Crippen molar-refractivity contribution >= 4 is 11.8 Å². The van der Waals surface area contributed by atoms with E-state index >= 15 is 0 Å². The van der Waals surface area contributed by atoms with Crippen molar-refractivity contribution in [2.45, 2.75) is 79.1 Å². The molecule has 4 fully saturated rings. The highest BCUT2D eigenvalue weighted by molar-refractivity contribution is 5.90. The molecule has 4 heteroatoms. The second-order valence-electron chi connectivity index (χ2n) is 10.7. The van der Waals surface area contributed by atoms with Gasteiger partial charge in [-0.2, -0.15) is 0 Å². The maximum Gasteiger partial charge on any atom is 0.312 e. The molecule has 7 atom stereocenters. The summed E-state index contributed by atoms with van der Waals surface area (Å²) >= 11 is 0. The van der Waals surface area contributed by atoms with E-state index in [1.807, 2.05) is 6.92 Å². The van der Waals surface area contributed by atoms with E-state index < -0.39 is 5.41 Å². The SMILES string of the molecule is CCOC(=O)[C@]1(C)CCC[C@@]2(C)C3CC[C@]4(C)C[C@]3(CCC21)[C@H](CO)C4=O. The van der Waals surface area contributed by atoms with E-state index in [0.717, 1.165) is 51.4 Å². The number of carbonyl (C=O) groups is 2. The predicted octanol–water partition coefficient (Wildman–Crippen LogP) is 4.14. The fraction of sp³-hybridized carbons (Fsp3) is 0.913. The molecule has 1 N–H and O–H groups in total. The predicted molar refractivity (Wildman–Crippen MR) is 103 cm³/mol. The number of Topliss-reactive ketones (excluding diaryl/α,β-unsaturated/α-hetero) is 1. The topological polar surface area (TPSA) is 63.6 Å². The molecule has 4 aliphatic rings. The third kappa shape index (κ3) is 2.31. The summed E-state index contributed by atoms with van der Waals surface area (Å²) in [6.45, 7) is 8.95. The van der Waals surface area contributed by atoms with Crippen molar-refractivity contribution in [2.75, 3.05) is 13.2 Å². The van der Waals surface area contributed by atoms with Crippen molar-refractivity contribution < 1.29 is 19.4 Å². The molecule has 1 spiro atoms. The van der Waals surface area contributed by atoms with Crippen LogP contribution in [0, 0.1) is 39.4 Å². The molecule has 4 aliphatic carbocycles. The lowest BCUT2D eigenvalue weighted by Crippen LogP contribution is -2.60. The van der Waals surface area contributed by atoms with Crippen LogP contribution >= 0.6 is 0 Å².